The zero-order chi connectivity index (χ0) is 14.4. The van der Waals surface area contributed by atoms with Crippen molar-refractivity contribution in [3.05, 3.63) is 16.4 Å². The molecule has 0 saturated carbocycles. The molecule has 0 spiro atoms. The maximum absolute atomic E-state index is 11.2. The van der Waals surface area contributed by atoms with Crippen molar-refractivity contribution in [3.63, 3.8) is 0 Å². The number of hydrogen-bond acceptors (Lipinski definition) is 7. The molecule has 0 aliphatic heterocycles. The molecule has 0 aliphatic carbocycles. The number of nitro groups is 1. The smallest absolute Gasteiger partial charge is 0.354 e. The number of unbranched alkanes of at least 4 members (excludes halogenated alkanes) is 1. The van der Waals surface area contributed by atoms with E-state index in [1.165, 1.54) is 6.33 Å². The number of nitrogens with one attached hydrogen (secondary N) is 1. The number of aromatic nitrogens is 2. The molecule has 0 unspecified atom stereocenters. The van der Waals surface area contributed by atoms with Crippen LogP contribution in [0.3, 0.4) is 0 Å². The summed E-state index contributed by atoms with van der Waals surface area (Å²) in [6, 6.07) is 0. The second-order valence-corrected chi connectivity index (χ2v) is 4.43. The van der Waals surface area contributed by atoms with Crippen LogP contribution in [0, 0.1) is 10.1 Å². The fraction of sp³-hybridized carbons (Fsp3) is 0.636. The summed E-state index contributed by atoms with van der Waals surface area (Å²) in [6.07, 6.45) is 3.30. The van der Waals surface area contributed by atoms with E-state index in [1.807, 2.05) is 0 Å². The van der Waals surface area contributed by atoms with Gasteiger partial charge in [-0.25, -0.2) is 15.0 Å². The summed E-state index contributed by atoms with van der Waals surface area (Å²) in [5.74, 6) is 0.529. The SMILES string of the molecule is CCCCN(C)c1ncnc(NN(C)C)c1[N+](=O)[O-]. The molecule has 8 heteroatoms. The fourth-order valence-corrected chi connectivity index (χ4v) is 1.61. The molecule has 0 atom stereocenters. The number of nitrogens with zero attached hydrogens (tertiary/aromatic N) is 5. The van der Waals surface area contributed by atoms with Gasteiger partial charge in [-0.15, -0.1) is 0 Å². The molecule has 1 rings (SSSR count). The van der Waals surface area contributed by atoms with Gasteiger partial charge in [0.1, 0.15) is 6.33 Å². The lowest BCUT2D eigenvalue weighted by Crippen LogP contribution is -2.24. The number of rotatable bonds is 7. The topological polar surface area (TPSA) is 87.4 Å². The van der Waals surface area contributed by atoms with E-state index in [2.05, 4.69) is 22.3 Å². The maximum atomic E-state index is 11.2. The Bertz CT molecular complexity index is 437. The van der Waals surface area contributed by atoms with Crippen LogP contribution in [0.5, 0.6) is 0 Å². The molecule has 0 aliphatic rings. The number of hydrogen-bond donors (Lipinski definition) is 1. The summed E-state index contributed by atoms with van der Waals surface area (Å²) in [5.41, 5.74) is 2.72. The third-order valence-corrected chi connectivity index (χ3v) is 2.52. The van der Waals surface area contributed by atoms with Crippen molar-refractivity contribution in [3.8, 4) is 0 Å². The van der Waals surface area contributed by atoms with E-state index in [4.69, 9.17) is 0 Å². The summed E-state index contributed by atoms with van der Waals surface area (Å²) >= 11 is 0. The predicted octanol–water partition coefficient (Wildman–Crippen LogP) is 1.51. The normalized spacial score (nSPS) is 10.6. The lowest BCUT2D eigenvalue weighted by Gasteiger charge is -2.19. The van der Waals surface area contributed by atoms with Crippen molar-refractivity contribution in [2.45, 2.75) is 19.8 Å². The molecule has 0 radical (unpaired) electrons. The van der Waals surface area contributed by atoms with Crippen LogP contribution in [0.25, 0.3) is 0 Å². The first-order valence-electron chi connectivity index (χ1n) is 6.11. The molecule has 1 N–H and O–H groups in total. The summed E-state index contributed by atoms with van der Waals surface area (Å²) in [4.78, 5) is 20.5. The van der Waals surface area contributed by atoms with Crippen molar-refractivity contribution in [1.82, 2.24) is 15.0 Å². The van der Waals surface area contributed by atoms with Gasteiger partial charge in [0.2, 0.25) is 11.6 Å². The van der Waals surface area contributed by atoms with Crippen LogP contribution in [-0.2, 0) is 0 Å². The minimum atomic E-state index is -0.455. The number of anilines is 2. The molecule has 0 bridgehead atoms. The average molecular weight is 268 g/mol. The summed E-state index contributed by atoms with van der Waals surface area (Å²) in [7, 11) is 5.28. The van der Waals surface area contributed by atoms with E-state index in [1.54, 1.807) is 31.1 Å². The molecule has 19 heavy (non-hydrogen) atoms. The number of hydrazine groups is 1. The Balaban J connectivity index is 3.12. The second kappa shape index (κ2) is 6.83. The van der Waals surface area contributed by atoms with Crippen molar-refractivity contribution in [1.29, 1.82) is 0 Å². The van der Waals surface area contributed by atoms with Crippen LogP contribution in [0.1, 0.15) is 19.8 Å². The second-order valence-electron chi connectivity index (χ2n) is 4.43. The molecule has 8 nitrogen and oxygen atoms in total. The lowest BCUT2D eigenvalue weighted by molar-refractivity contribution is -0.383. The first-order valence-corrected chi connectivity index (χ1v) is 6.11. The highest BCUT2D eigenvalue weighted by molar-refractivity contribution is 5.69. The summed E-state index contributed by atoms with van der Waals surface area (Å²) in [6.45, 7) is 2.79. The Labute approximate surface area is 112 Å². The third kappa shape index (κ3) is 4.02. The zero-order valence-electron chi connectivity index (χ0n) is 11.8. The van der Waals surface area contributed by atoms with Crippen LogP contribution in [0.15, 0.2) is 6.33 Å². The monoisotopic (exact) mass is 268 g/mol. The van der Waals surface area contributed by atoms with Gasteiger partial charge >= 0.3 is 5.69 Å². The Morgan fingerprint density at radius 1 is 1.37 bits per heavy atom. The van der Waals surface area contributed by atoms with Crippen molar-refractivity contribution in [2.75, 3.05) is 38.0 Å². The van der Waals surface area contributed by atoms with E-state index in [-0.39, 0.29) is 11.5 Å². The van der Waals surface area contributed by atoms with Crippen molar-refractivity contribution >= 4 is 17.3 Å². The standard InChI is InChI=1S/C11H20N6O2/c1-5-6-7-16(4)11-9(17(18)19)10(12-8-13-11)14-15(2)3/h8H,5-7H2,1-4H3,(H,12,13,14). The van der Waals surface area contributed by atoms with Gasteiger partial charge in [0, 0.05) is 27.7 Å². The minimum absolute atomic E-state index is 0.102. The van der Waals surface area contributed by atoms with Gasteiger partial charge < -0.3 is 4.90 Å². The molecule has 106 valence electrons. The van der Waals surface area contributed by atoms with Crippen LogP contribution < -0.4 is 10.3 Å². The molecule has 0 aromatic carbocycles. The zero-order valence-corrected chi connectivity index (χ0v) is 11.8. The van der Waals surface area contributed by atoms with Gasteiger partial charge in [-0.2, -0.15) is 0 Å². The Kier molecular flexibility index (Phi) is 5.43. The quantitative estimate of drug-likeness (QED) is 0.592. The van der Waals surface area contributed by atoms with Gasteiger partial charge in [-0.05, 0) is 6.42 Å². The average Bonchev–Trinajstić information content (AvgIpc) is 2.34. The highest BCUT2D eigenvalue weighted by Gasteiger charge is 2.25. The first kappa shape index (κ1) is 15.1. The van der Waals surface area contributed by atoms with E-state index < -0.39 is 4.92 Å². The molecule has 1 aromatic rings. The van der Waals surface area contributed by atoms with E-state index in [0.717, 1.165) is 19.4 Å². The van der Waals surface area contributed by atoms with Crippen LogP contribution in [0.2, 0.25) is 0 Å². The first-order chi connectivity index (χ1) is 8.97. The van der Waals surface area contributed by atoms with Crippen molar-refractivity contribution in [2.24, 2.45) is 0 Å². The van der Waals surface area contributed by atoms with Gasteiger partial charge in [0.25, 0.3) is 0 Å². The molecule has 0 fully saturated rings. The Morgan fingerprint density at radius 2 is 2.05 bits per heavy atom. The highest BCUT2D eigenvalue weighted by Crippen LogP contribution is 2.31. The van der Waals surface area contributed by atoms with Crippen LogP contribution >= 0.6 is 0 Å². The van der Waals surface area contributed by atoms with E-state index >= 15 is 0 Å². The Morgan fingerprint density at radius 3 is 2.58 bits per heavy atom. The molecular formula is C11H20N6O2. The predicted molar refractivity (Wildman–Crippen MR) is 74.2 cm³/mol. The summed E-state index contributed by atoms with van der Waals surface area (Å²) in [5, 5.41) is 12.8. The lowest BCUT2D eigenvalue weighted by atomic mass is 10.3. The Hall–Kier alpha value is -1.96. The maximum Gasteiger partial charge on any atom is 0.354 e. The van der Waals surface area contributed by atoms with E-state index in [9.17, 15) is 10.1 Å². The molecule has 0 amide bonds. The van der Waals surface area contributed by atoms with Gasteiger partial charge in [-0.3, -0.25) is 15.5 Å². The van der Waals surface area contributed by atoms with Crippen LogP contribution in [-0.4, -0.2) is 47.6 Å². The van der Waals surface area contributed by atoms with Gasteiger partial charge in [0.15, 0.2) is 0 Å². The minimum Gasteiger partial charge on any atom is -0.354 e. The van der Waals surface area contributed by atoms with Gasteiger partial charge in [-0.1, -0.05) is 13.3 Å². The fourth-order valence-electron chi connectivity index (χ4n) is 1.61. The molecular weight excluding hydrogens is 248 g/mol. The highest BCUT2D eigenvalue weighted by atomic mass is 16.6. The molecule has 0 saturated heterocycles. The molecule has 1 aromatic heterocycles. The van der Waals surface area contributed by atoms with Crippen molar-refractivity contribution < 1.29 is 4.92 Å². The van der Waals surface area contributed by atoms with Gasteiger partial charge in [0.05, 0.1) is 4.92 Å². The van der Waals surface area contributed by atoms with Crippen LogP contribution in [0.4, 0.5) is 17.3 Å². The van der Waals surface area contributed by atoms with E-state index in [0.29, 0.717) is 5.82 Å². The largest absolute Gasteiger partial charge is 0.354 e. The summed E-state index contributed by atoms with van der Waals surface area (Å²) < 4.78 is 0. The molecule has 1 heterocycles. The third-order valence-electron chi connectivity index (χ3n) is 2.52.